The van der Waals surface area contributed by atoms with Gasteiger partial charge in [-0.05, 0) is 61.4 Å². The Bertz CT molecular complexity index is 1030. The molecule has 2 aromatic heterocycles. The number of rotatable bonds is 3. The molecule has 4 heterocycles. The van der Waals surface area contributed by atoms with Gasteiger partial charge in [0.25, 0.3) is 0 Å². The van der Waals surface area contributed by atoms with E-state index in [4.69, 9.17) is 4.98 Å². The molecule has 1 atom stereocenters. The number of pyridine rings is 1. The molecule has 2 fully saturated rings. The summed E-state index contributed by atoms with van der Waals surface area (Å²) < 4.78 is 0. The fourth-order valence-corrected chi connectivity index (χ4v) is 4.83. The molecule has 0 radical (unpaired) electrons. The number of fused-ring (bicyclic) bond motifs is 1. The second-order valence-corrected chi connectivity index (χ2v) is 8.43. The molecule has 2 aliphatic rings. The highest BCUT2D eigenvalue weighted by Gasteiger charge is 2.34. The molecule has 9 heteroatoms. The Labute approximate surface area is 181 Å². The van der Waals surface area contributed by atoms with E-state index in [9.17, 15) is 4.79 Å². The Hall–Kier alpha value is -3.07. The minimum Gasteiger partial charge on any atom is -0.324 e. The van der Waals surface area contributed by atoms with Crippen LogP contribution >= 0.6 is 0 Å². The van der Waals surface area contributed by atoms with Gasteiger partial charge in [0.15, 0.2) is 6.33 Å². The van der Waals surface area contributed by atoms with Gasteiger partial charge in [0.05, 0.1) is 12.1 Å². The van der Waals surface area contributed by atoms with E-state index in [0.717, 1.165) is 60.9 Å². The van der Waals surface area contributed by atoms with Gasteiger partial charge in [-0.15, -0.1) is 10.2 Å². The van der Waals surface area contributed by atoms with Crippen molar-refractivity contribution in [2.75, 3.05) is 31.1 Å². The minimum absolute atomic E-state index is 0.0435. The molecule has 0 saturated carbocycles. The Morgan fingerprint density at radius 2 is 2.06 bits per heavy atom. The van der Waals surface area contributed by atoms with Crippen LogP contribution in [0.2, 0.25) is 0 Å². The monoisotopic (exact) mass is 420 g/mol. The maximum absolute atomic E-state index is 13.9. The first-order chi connectivity index (χ1) is 15.2. The molecular formula is C22H28N8O. The Morgan fingerprint density at radius 1 is 1.19 bits per heavy atom. The number of benzene rings is 1. The van der Waals surface area contributed by atoms with Crippen molar-refractivity contribution >= 4 is 22.6 Å². The predicted octanol–water partition coefficient (Wildman–Crippen LogP) is 2.55. The van der Waals surface area contributed by atoms with Crippen molar-refractivity contribution in [3.05, 3.63) is 42.4 Å². The topological polar surface area (TPSA) is 92.1 Å². The number of anilines is 1. The lowest BCUT2D eigenvalue weighted by Crippen LogP contribution is -2.55. The molecule has 5 rings (SSSR count). The van der Waals surface area contributed by atoms with E-state index < -0.39 is 0 Å². The van der Waals surface area contributed by atoms with Crippen LogP contribution < -0.4 is 10.2 Å². The standard InChI is InChI=1S/C22H28N8O/c1-16-4-2-5-17-7-11-24-21(20(16)17)29(19-6-3-10-23-14-19)22(31)28-12-8-18(9-13-28)30-26-15-25-27-30/h2,4-5,7,11,15,18-19,23H,3,6,8-10,12-14H2,1H3/t19-/m1/s1. The third-order valence-electron chi connectivity index (χ3n) is 6.48. The number of urea groups is 1. The van der Waals surface area contributed by atoms with Crippen LogP contribution in [0.1, 0.15) is 37.3 Å². The SMILES string of the molecule is Cc1cccc2ccnc(N(C(=O)N3CCC(n4ncnn4)CC3)[C@@H]3CCCNC3)c12. The van der Waals surface area contributed by atoms with Gasteiger partial charge in [-0.2, -0.15) is 4.80 Å². The number of nitrogens with zero attached hydrogens (tertiary/aromatic N) is 7. The van der Waals surface area contributed by atoms with Crippen molar-refractivity contribution in [2.24, 2.45) is 0 Å². The van der Waals surface area contributed by atoms with Crippen molar-refractivity contribution in [3.8, 4) is 0 Å². The quantitative estimate of drug-likeness (QED) is 0.700. The van der Waals surface area contributed by atoms with Crippen molar-refractivity contribution < 1.29 is 4.79 Å². The summed E-state index contributed by atoms with van der Waals surface area (Å²) in [7, 11) is 0. The largest absolute Gasteiger partial charge is 0.325 e. The second-order valence-electron chi connectivity index (χ2n) is 8.43. The van der Waals surface area contributed by atoms with Crippen LogP contribution in [-0.4, -0.2) is 68.3 Å². The molecule has 9 nitrogen and oxygen atoms in total. The molecule has 162 valence electrons. The first-order valence-electron chi connectivity index (χ1n) is 11.1. The summed E-state index contributed by atoms with van der Waals surface area (Å²) in [5.74, 6) is 0.773. The van der Waals surface area contributed by atoms with Crippen molar-refractivity contribution in [1.82, 2.24) is 35.4 Å². The fraction of sp³-hybridized carbons (Fsp3) is 0.500. The van der Waals surface area contributed by atoms with E-state index in [1.807, 2.05) is 22.1 Å². The third kappa shape index (κ3) is 3.85. The van der Waals surface area contributed by atoms with E-state index in [2.05, 4.69) is 45.9 Å². The molecule has 0 unspecified atom stereocenters. The lowest BCUT2D eigenvalue weighted by Gasteiger charge is -2.40. The first kappa shape index (κ1) is 19.9. The Balaban J connectivity index is 1.46. The Morgan fingerprint density at radius 3 is 2.81 bits per heavy atom. The van der Waals surface area contributed by atoms with Gasteiger partial charge in [-0.1, -0.05) is 18.2 Å². The molecule has 31 heavy (non-hydrogen) atoms. The number of piperidine rings is 2. The molecule has 1 aromatic carbocycles. The van der Waals surface area contributed by atoms with Crippen molar-refractivity contribution in [3.63, 3.8) is 0 Å². The van der Waals surface area contributed by atoms with Crippen molar-refractivity contribution in [1.29, 1.82) is 0 Å². The van der Waals surface area contributed by atoms with Gasteiger partial charge >= 0.3 is 6.03 Å². The lowest BCUT2D eigenvalue weighted by molar-refractivity contribution is 0.166. The summed E-state index contributed by atoms with van der Waals surface area (Å²) in [5.41, 5.74) is 1.14. The number of likely N-dealkylation sites (tertiary alicyclic amines) is 1. The fourth-order valence-electron chi connectivity index (χ4n) is 4.83. The van der Waals surface area contributed by atoms with E-state index in [1.165, 1.54) is 6.33 Å². The molecule has 2 aliphatic heterocycles. The molecule has 2 saturated heterocycles. The van der Waals surface area contributed by atoms with Crippen LogP contribution in [0.5, 0.6) is 0 Å². The summed E-state index contributed by atoms with van der Waals surface area (Å²) >= 11 is 0. The highest BCUT2D eigenvalue weighted by molar-refractivity contribution is 6.03. The average molecular weight is 421 g/mol. The third-order valence-corrected chi connectivity index (χ3v) is 6.48. The van der Waals surface area contributed by atoms with Gasteiger partial charge in [0.1, 0.15) is 5.82 Å². The van der Waals surface area contributed by atoms with Gasteiger partial charge in [-0.25, -0.2) is 9.78 Å². The number of amides is 2. The van der Waals surface area contributed by atoms with Crippen molar-refractivity contribution in [2.45, 2.75) is 44.7 Å². The van der Waals surface area contributed by atoms with Gasteiger partial charge < -0.3 is 10.2 Å². The molecule has 1 N–H and O–H groups in total. The van der Waals surface area contributed by atoms with E-state index in [1.54, 1.807) is 4.80 Å². The molecule has 0 spiro atoms. The number of carbonyl (C=O) groups is 1. The lowest BCUT2D eigenvalue weighted by atomic mass is 10.0. The molecule has 0 bridgehead atoms. The number of aryl methyl sites for hydroxylation is 1. The second kappa shape index (κ2) is 8.58. The van der Waals surface area contributed by atoms with E-state index >= 15 is 0 Å². The van der Waals surface area contributed by atoms with Crippen LogP contribution in [0, 0.1) is 6.92 Å². The zero-order valence-corrected chi connectivity index (χ0v) is 17.8. The summed E-state index contributed by atoms with van der Waals surface area (Å²) in [6, 6.07) is 8.57. The first-order valence-corrected chi connectivity index (χ1v) is 11.1. The van der Waals surface area contributed by atoms with Crippen LogP contribution in [0.25, 0.3) is 10.8 Å². The van der Waals surface area contributed by atoms with Gasteiger partial charge in [-0.3, -0.25) is 4.90 Å². The van der Waals surface area contributed by atoms with Crippen LogP contribution in [0.4, 0.5) is 10.6 Å². The summed E-state index contributed by atoms with van der Waals surface area (Å²) in [6.45, 7) is 5.22. The molecule has 0 aliphatic carbocycles. The van der Waals surface area contributed by atoms with Crippen LogP contribution in [0.15, 0.2) is 36.8 Å². The number of carbonyl (C=O) groups excluding carboxylic acids is 1. The number of aromatic nitrogens is 5. The summed E-state index contributed by atoms with van der Waals surface area (Å²) in [6.07, 6.45) is 6.95. The zero-order chi connectivity index (χ0) is 21.2. The summed E-state index contributed by atoms with van der Waals surface area (Å²) in [4.78, 5) is 24.2. The molecule has 2 amide bonds. The number of hydrogen-bond acceptors (Lipinski definition) is 6. The van der Waals surface area contributed by atoms with Gasteiger partial charge in [0.2, 0.25) is 0 Å². The smallest absolute Gasteiger partial charge is 0.324 e. The van der Waals surface area contributed by atoms with E-state index in [0.29, 0.717) is 13.1 Å². The van der Waals surface area contributed by atoms with Crippen LogP contribution in [0.3, 0.4) is 0 Å². The normalized spacial score (nSPS) is 20.2. The Kier molecular flexibility index (Phi) is 5.50. The molecule has 3 aromatic rings. The van der Waals surface area contributed by atoms with Gasteiger partial charge in [0, 0.05) is 31.2 Å². The predicted molar refractivity (Wildman–Crippen MR) is 118 cm³/mol. The average Bonchev–Trinajstić information content (AvgIpc) is 3.35. The number of hydrogen-bond donors (Lipinski definition) is 1. The number of tetrazole rings is 1. The maximum Gasteiger partial charge on any atom is 0.325 e. The van der Waals surface area contributed by atoms with Crippen LogP contribution in [-0.2, 0) is 0 Å². The minimum atomic E-state index is 0.0435. The highest BCUT2D eigenvalue weighted by Crippen LogP contribution is 2.32. The molecular weight excluding hydrogens is 392 g/mol. The summed E-state index contributed by atoms with van der Waals surface area (Å²) in [5, 5.41) is 17.7. The number of nitrogens with one attached hydrogen (secondary N) is 1. The zero-order valence-electron chi connectivity index (χ0n) is 17.8. The van der Waals surface area contributed by atoms with E-state index in [-0.39, 0.29) is 18.1 Å². The maximum atomic E-state index is 13.9. The highest BCUT2D eigenvalue weighted by atomic mass is 16.2.